The topological polar surface area (TPSA) is 80.7 Å². The van der Waals surface area contributed by atoms with Gasteiger partial charge in [-0.2, -0.15) is 0 Å². The fourth-order valence-corrected chi connectivity index (χ4v) is 5.15. The molecule has 0 saturated heterocycles. The highest BCUT2D eigenvalue weighted by molar-refractivity contribution is 7.92. The highest BCUT2D eigenvalue weighted by Gasteiger charge is 2.37. The zero-order valence-electron chi connectivity index (χ0n) is 14.2. The summed E-state index contributed by atoms with van der Waals surface area (Å²) in [6, 6.07) is 14.1. The van der Waals surface area contributed by atoms with Crippen LogP contribution in [0.3, 0.4) is 0 Å². The van der Waals surface area contributed by atoms with Gasteiger partial charge in [0.2, 0.25) is 0 Å². The lowest BCUT2D eigenvalue weighted by atomic mass is 10.1. The van der Waals surface area contributed by atoms with Crippen molar-refractivity contribution >= 4 is 15.8 Å². The lowest BCUT2D eigenvalue weighted by Gasteiger charge is -2.19. The molecule has 5 nitrogen and oxygen atoms in total. The van der Waals surface area contributed by atoms with Crippen LogP contribution < -0.4 is 0 Å². The molecule has 0 spiro atoms. The van der Waals surface area contributed by atoms with Gasteiger partial charge in [0.1, 0.15) is 0 Å². The minimum atomic E-state index is -3.28. The number of fused-ring (bicyclic) bond motifs is 1. The van der Waals surface area contributed by atoms with Crippen LogP contribution in [0.5, 0.6) is 0 Å². The van der Waals surface area contributed by atoms with Crippen molar-refractivity contribution in [3.63, 3.8) is 0 Å². The Hall–Kier alpha value is -2.18. The molecule has 0 heterocycles. The van der Waals surface area contributed by atoms with Crippen LogP contribution in [-0.4, -0.2) is 30.8 Å². The number of rotatable bonds is 6. The highest BCUT2D eigenvalue weighted by atomic mass is 32.2. The van der Waals surface area contributed by atoms with E-state index >= 15 is 0 Å². The normalized spacial score (nSPS) is 18.5. The average molecular weight is 372 g/mol. The van der Waals surface area contributed by atoms with Crippen LogP contribution in [0, 0.1) is 0 Å². The summed E-state index contributed by atoms with van der Waals surface area (Å²) in [5.41, 5.74) is 2.84. The van der Waals surface area contributed by atoms with Crippen molar-refractivity contribution < 1.29 is 23.1 Å². The second-order valence-electron chi connectivity index (χ2n) is 6.97. The van der Waals surface area contributed by atoms with Gasteiger partial charge in [0.25, 0.3) is 0 Å². The van der Waals surface area contributed by atoms with Crippen molar-refractivity contribution in [2.45, 2.75) is 48.0 Å². The van der Waals surface area contributed by atoms with E-state index in [0.717, 1.165) is 0 Å². The standard InChI is InChI=1S/C20H20O5S/c21-20(22)19(25-16-11-14-3-1-2-4-15(14)12-16)13-5-7-17(8-6-13)26(23,24)18-9-10-18/h1-8,16,18-19H,9-12H2,(H,21,22). The second kappa shape index (κ2) is 6.52. The maximum Gasteiger partial charge on any atom is 0.337 e. The van der Waals surface area contributed by atoms with Gasteiger partial charge in [-0.05, 0) is 54.5 Å². The van der Waals surface area contributed by atoms with Crippen LogP contribution >= 0.6 is 0 Å². The van der Waals surface area contributed by atoms with Crippen LogP contribution in [0.2, 0.25) is 0 Å². The molecule has 0 aliphatic heterocycles. The number of carboxylic acids is 1. The molecule has 26 heavy (non-hydrogen) atoms. The molecule has 2 aliphatic rings. The van der Waals surface area contributed by atoms with E-state index < -0.39 is 21.9 Å². The van der Waals surface area contributed by atoms with Crippen molar-refractivity contribution in [3.05, 3.63) is 65.2 Å². The molecule has 0 amide bonds. The Balaban J connectivity index is 1.51. The summed E-state index contributed by atoms with van der Waals surface area (Å²) in [5, 5.41) is 9.31. The first-order valence-electron chi connectivity index (χ1n) is 8.74. The van der Waals surface area contributed by atoms with E-state index in [1.165, 1.54) is 23.3 Å². The fraction of sp³-hybridized carbons (Fsp3) is 0.350. The summed E-state index contributed by atoms with van der Waals surface area (Å²) >= 11 is 0. The molecule has 0 radical (unpaired) electrons. The van der Waals surface area contributed by atoms with Gasteiger partial charge in [0, 0.05) is 0 Å². The lowest BCUT2D eigenvalue weighted by Crippen LogP contribution is -2.23. The van der Waals surface area contributed by atoms with Crippen LogP contribution in [0.4, 0.5) is 0 Å². The van der Waals surface area contributed by atoms with Gasteiger partial charge in [-0.1, -0.05) is 36.4 Å². The van der Waals surface area contributed by atoms with Crippen molar-refractivity contribution in [1.82, 2.24) is 0 Å². The third-order valence-electron chi connectivity index (χ3n) is 5.04. The van der Waals surface area contributed by atoms with E-state index in [4.69, 9.17) is 4.74 Å². The van der Waals surface area contributed by atoms with Gasteiger partial charge in [0.05, 0.1) is 16.2 Å². The number of carbonyl (C=O) groups is 1. The van der Waals surface area contributed by atoms with E-state index in [2.05, 4.69) is 0 Å². The van der Waals surface area contributed by atoms with Crippen LogP contribution in [0.1, 0.15) is 35.6 Å². The zero-order valence-corrected chi connectivity index (χ0v) is 15.0. The molecule has 1 atom stereocenters. The molecule has 0 bridgehead atoms. The number of benzene rings is 2. The second-order valence-corrected chi connectivity index (χ2v) is 9.19. The van der Waals surface area contributed by atoms with Gasteiger partial charge in [0.15, 0.2) is 15.9 Å². The number of sulfone groups is 1. The first-order valence-corrected chi connectivity index (χ1v) is 10.3. The van der Waals surface area contributed by atoms with Gasteiger partial charge >= 0.3 is 5.97 Å². The third kappa shape index (κ3) is 3.27. The van der Waals surface area contributed by atoms with Crippen molar-refractivity contribution in [2.24, 2.45) is 0 Å². The molecule has 1 fully saturated rings. The Labute approximate surface area is 152 Å². The van der Waals surface area contributed by atoms with E-state index in [-0.39, 0.29) is 16.2 Å². The lowest BCUT2D eigenvalue weighted by molar-refractivity contribution is -0.154. The maximum atomic E-state index is 12.3. The number of carboxylic acid groups (broad SMARTS) is 1. The maximum absolute atomic E-state index is 12.3. The van der Waals surface area contributed by atoms with E-state index in [1.54, 1.807) is 12.1 Å². The smallest absolute Gasteiger partial charge is 0.337 e. The Morgan fingerprint density at radius 3 is 2.08 bits per heavy atom. The Kier molecular flexibility index (Phi) is 4.32. The molecule has 0 aromatic heterocycles. The quantitative estimate of drug-likeness (QED) is 0.843. The van der Waals surface area contributed by atoms with Crippen molar-refractivity contribution in [2.75, 3.05) is 0 Å². The highest BCUT2D eigenvalue weighted by Crippen LogP contribution is 2.34. The summed E-state index contributed by atoms with van der Waals surface area (Å²) in [5.74, 6) is -1.07. The van der Waals surface area contributed by atoms with E-state index in [1.807, 2.05) is 24.3 Å². The number of hydrogen-bond donors (Lipinski definition) is 1. The molecule has 2 aromatic carbocycles. The van der Waals surface area contributed by atoms with Crippen LogP contribution in [-0.2, 0) is 32.2 Å². The molecule has 1 N–H and O–H groups in total. The largest absolute Gasteiger partial charge is 0.479 e. The van der Waals surface area contributed by atoms with Crippen LogP contribution in [0.15, 0.2) is 53.4 Å². The predicted molar refractivity (Wildman–Crippen MR) is 95.7 cm³/mol. The molecular weight excluding hydrogens is 352 g/mol. The molecule has 1 unspecified atom stereocenters. The molecular formula is C20H20O5S. The SMILES string of the molecule is O=C(O)C(OC1Cc2ccccc2C1)c1ccc(S(=O)(=O)C2CC2)cc1. The van der Waals surface area contributed by atoms with Gasteiger partial charge in [-0.25, -0.2) is 13.2 Å². The fourth-order valence-electron chi connectivity index (χ4n) is 3.49. The Morgan fingerprint density at radius 2 is 1.58 bits per heavy atom. The number of aliphatic carboxylic acids is 1. The third-order valence-corrected chi connectivity index (χ3v) is 7.32. The summed E-state index contributed by atoms with van der Waals surface area (Å²) < 4.78 is 30.4. The van der Waals surface area contributed by atoms with Gasteiger partial charge < -0.3 is 9.84 Å². The first kappa shape index (κ1) is 17.2. The molecule has 1 saturated carbocycles. The Bertz CT molecular complexity index is 904. The van der Waals surface area contributed by atoms with E-state index in [0.29, 0.717) is 31.2 Å². The molecule has 6 heteroatoms. The number of ether oxygens (including phenoxy) is 1. The van der Waals surface area contributed by atoms with E-state index in [9.17, 15) is 18.3 Å². The van der Waals surface area contributed by atoms with Crippen molar-refractivity contribution in [3.8, 4) is 0 Å². The monoisotopic (exact) mass is 372 g/mol. The molecule has 2 aromatic rings. The molecule has 4 rings (SSSR count). The summed E-state index contributed by atoms with van der Waals surface area (Å²) in [4.78, 5) is 12.0. The number of hydrogen-bond acceptors (Lipinski definition) is 4. The molecule has 2 aliphatic carbocycles. The van der Waals surface area contributed by atoms with Crippen molar-refractivity contribution in [1.29, 1.82) is 0 Å². The Morgan fingerprint density at radius 1 is 1.00 bits per heavy atom. The minimum absolute atomic E-state index is 0.191. The summed E-state index contributed by atoms with van der Waals surface area (Å²) in [6.45, 7) is 0. The average Bonchev–Trinajstić information content (AvgIpc) is 3.40. The summed E-state index contributed by atoms with van der Waals surface area (Å²) in [7, 11) is -3.28. The van der Waals surface area contributed by atoms with Gasteiger partial charge in [-0.15, -0.1) is 0 Å². The summed E-state index contributed by atoms with van der Waals surface area (Å²) in [6.07, 6.45) is 1.48. The van der Waals surface area contributed by atoms with Gasteiger partial charge in [-0.3, -0.25) is 0 Å². The van der Waals surface area contributed by atoms with Crippen LogP contribution in [0.25, 0.3) is 0 Å². The molecule has 136 valence electrons. The first-order chi connectivity index (χ1) is 12.4. The predicted octanol–water partition coefficient (Wildman–Crippen LogP) is 2.93. The zero-order chi connectivity index (χ0) is 18.3. The minimum Gasteiger partial charge on any atom is -0.479 e.